The Labute approximate surface area is 107 Å². The predicted octanol–water partition coefficient (Wildman–Crippen LogP) is 2.95. The molecule has 2 atom stereocenters. The van der Waals surface area contributed by atoms with Crippen LogP contribution in [-0.4, -0.2) is 21.0 Å². The van der Waals surface area contributed by atoms with Gasteiger partial charge in [-0.3, -0.25) is 4.52 Å². The quantitative estimate of drug-likeness (QED) is 0.772. The fourth-order valence-electron chi connectivity index (χ4n) is 0.856. The molecule has 6 nitrogen and oxygen atoms in total. The molecule has 0 aliphatic carbocycles. The first kappa shape index (κ1) is 17.7. The Morgan fingerprint density at radius 3 is 1.59 bits per heavy atom. The number of rotatable bonds is 4. The summed E-state index contributed by atoms with van der Waals surface area (Å²) in [6.07, 6.45) is 0. The molecule has 0 amide bonds. The molecule has 0 aromatic carbocycles. The maximum atomic E-state index is 11.6. The van der Waals surface area contributed by atoms with Gasteiger partial charge in [0.05, 0.1) is 11.2 Å². The predicted molar refractivity (Wildman–Crippen MR) is 69.1 cm³/mol. The number of hydrogen-bond donors (Lipinski definition) is 2. The van der Waals surface area contributed by atoms with E-state index in [1.807, 2.05) is 0 Å². The van der Waals surface area contributed by atoms with Gasteiger partial charge in [-0.25, -0.2) is 8.88 Å². The van der Waals surface area contributed by atoms with Crippen molar-refractivity contribution >= 4 is 26.3 Å². The minimum absolute atomic E-state index is 0.786. The average molecular weight is 306 g/mol. The van der Waals surface area contributed by atoms with Gasteiger partial charge in [-0.2, -0.15) is 0 Å². The Bertz CT molecular complexity index is 322. The van der Waals surface area contributed by atoms with Crippen molar-refractivity contribution in [2.24, 2.45) is 0 Å². The standard InChI is InChI=1S/C8H20O6P2S/c1-7(2,3)12-15(9,10)14-16(11,17)13-8(4,5)6/h1-6H3,(H,9,10)(H,11,17). The van der Waals surface area contributed by atoms with E-state index in [2.05, 4.69) is 16.1 Å². The molecule has 0 aliphatic rings. The second kappa shape index (κ2) is 5.35. The molecule has 0 aliphatic heterocycles. The molecule has 17 heavy (non-hydrogen) atoms. The van der Waals surface area contributed by atoms with Crippen molar-refractivity contribution in [2.45, 2.75) is 52.7 Å². The molecular formula is C8H20O6P2S. The van der Waals surface area contributed by atoms with Crippen LogP contribution in [0.25, 0.3) is 0 Å². The van der Waals surface area contributed by atoms with Crippen molar-refractivity contribution in [3.05, 3.63) is 0 Å². The van der Waals surface area contributed by atoms with Crippen LogP contribution in [0.5, 0.6) is 0 Å². The van der Waals surface area contributed by atoms with Crippen molar-refractivity contribution in [2.75, 3.05) is 0 Å². The Morgan fingerprint density at radius 1 is 0.941 bits per heavy atom. The van der Waals surface area contributed by atoms with Crippen LogP contribution in [0.15, 0.2) is 0 Å². The molecule has 0 aromatic rings. The van der Waals surface area contributed by atoms with Gasteiger partial charge < -0.3 is 14.3 Å². The first-order valence-corrected chi connectivity index (χ1v) is 8.99. The fourth-order valence-corrected chi connectivity index (χ4v) is 4.98. The van der Waals surface area contributed by atoms with E-state index in [1.54, 1.807) is 41.5 Å². The molecule has 2 N–H and O–H groups in total. The highest BCUT2D eigenvalue weighted by molar-refractivity contribution is 8.08. The molecule has 2 unspecified atom stereocenters. The molecule has 0 rings (SSSR count). The van der Waals surface area contributed by atoms with Crippen molar-refractivity contribution < 1.29 is 27.7 Å². The largest absolute Gasteiger partial charge is 0.479 e. The maximum absolute atomic E-state index is 11.6. The van der Waals surface area contributed by atoms with E-state index < -0.39 is 25.7 Å². The minimum atomic E-state index is -4.45. The average Bonchev–Trinajstić information content (AvgIpc) is 1.65. The molecular weight excluding hydrogens is 286 g/mol. The number of phosphoric acid groups is 1. The second-order valence-corrected chi connectivity index (χ2v) is 9.70. The highest BCUT2D eigenvalue weighted by Gasteiger charge is 2.37. The van der Waals surface area contributed by atoms with Gasteiger partial charge in [0.2, 0.25) is 0 Å². The van der Waals surface area contributed by atoms with Gasteiger partial charge in [0.15, 0.2) is 0 Å². The SMILES string of the molecule is CC(C)(C)OP(=O)(O)OP(O)(=S)OC(C)(C)C. The van der Waals surface area contributed by atoms with E-state index in [0.29, 0.717) is 0 Å². The van der Waals surface area contributed by atoms with E-state index in [-0.39, 0.29) is 0 Å². The third-order valence-electron chi connectivity index (χ3n) is 0.985. The van der Waals surface area contributed by atoms with Crippen LogP contribution >= 0.6 is 14.5 Å². The molecule has 0 bridgehead atoms. The Balaban J connectivity index is 4.72. The Hall–Kier alpha value is 0.680. The summed E-state index contributed by atoms with van der Waals surface area (Å²) in [5.74, 6) is 0. The number of phosphoric ester groups is 1. The van der Waals surface area contributed by atoms with Gasteiger partial charge >= 0.3 is 14.5 Å². The summed E-state index contributed by atoms with van der Waals surface area (Å²) in [7, 11) is -4.45. The zero-order valence-corrected chi connectivity index (χ0v) is 13.4. The van der Waals surface area contributed by atoms with E-state index >= 15 is 0 Å². The molecule has 0 fully saturated rings. The Kier molecular flexibility index (Phi) is 5.57. The summed E-state index contributed by atoms with van der Waals surface area (Å²) in [5.41, 5.74) is -1.69. The lowest BCUT2D eigenvalue weighted by Gasteiger charge is -2.28. The lowest BCUT2D eigenvalue weighted by Crippen LogP contribution is -2.20. The van der Waals surface area contributed by atoms with E-state index in [1.165, 1.54) is 0 Å². The zero-order valence-electron chi connectivity index (χ0n) is 10.8. The van der Waals surface area contributed by atoms with Gasteiger partial charge in [0, 0.05) is 0 Å². The van der Waals surface area contributed by atoms with Crippen molar-refractivity contribution in [1.82, 2.24) is 0 Å². The van der Waals surface area contributed by atoms with E-state index in [9.17, 15) is 14.4 Å². The van der Waals surface area contributed by atoms with Crippen LogP contribution in [0, 0.1) is 0 Å². The Morgan fingerprint density at radius 2 is 1.29 bits per heavy atom. The highest BCUT2D eigenvalue weighted by Crippen LogP contribution is 2.63. The zero-order chi connectivity index (χ0) is 14.1. The van der Waals surface area contributed by atoms with E-state index in [4.69, 9.17) is 9.05 Å². The van der Waals surface area contributed by atoms with Gasteiger partial charge in [0.25, 0.3) is 0 Å². The third kappa shape index (κ3) is 10.3. The second-order valence-electron chi connectivity index (χ2n) is 5.43. The summed E-state index contributed by atoms with van der Waals surface area (Å²) in [6.45, 7) is 5.81. The van der Waals surface area contributed by atoms with Crippen LogP contribution in [0.4, 0.5) is 0 Å². The molecule has 0 spiro atoms. The topological polar surface area (TPSA) is 85.2 Å². The monoisotopic (exact) mass is 306 g/mol. The van der Waals surface area contributed by atoms with Crippen LogP contribution in [0.1, 0.15) is 41.5 Å². The lowest BCUT2D eigenvalue weighted by molar-refractivity contribution is 0.0676. The highest BCUT2D eigenvalue weighted by atomic mass is 32.5. The van der Waals surface area contributed by atoms with Gasteiger partial charge in [-0.15, -0.1) is 0 Å². The summed E-state index contributed by atoms with van der Waals surface area (Å²) in [5, 5.41) is 0. The van der Waals surface area contributed by atoms with Gasteiger partial charge in [-0.1, -0.05) is 0 Å². The summed E-state index contributed by atoms with van der Waals surface area (Å²) in [4.78, 5) is 19.1. The van der Waals surface area contributed by atoms with Crippen molar-refractivity contribution in [1.29, 1.82) is 0 Å². The van der Waals surface area contributed by atoms with Crippen molar-refractivity contribution in [3.8, 4) is 0 Å². The first-order chi connectivity index (χ1) is 7.12. The molecule has 0 saturated heterocycles. The van der Waals surface area contributed by atoms with E-state index in [0.717, 1.165) is 0 Å². The molecule has 9 heteroatoms. The lowest BCUT2D eigenvalue weighted by atomic mass is 10.2. The summed E-state index contributed by atoms with van der Waals surface area (Å²) >= 11 is 4.64. The van der Waals surface area contributed by atoms with Gasteiger partial charge in [-0.05, 0) is 53.3 Å². The molecule has 0 saturated carbocycles. The van der Waals surface area contributed by atoms with Crippen LogP contribution in [0.3, 0.4) is 0 Å². The smallest absolute Gasteiger partial charge is 0.324 e. The number of hydrogen-bond acceptors (Lipinski definition) is 5. The molecule has 104 valence electrons. The molecule has 0 aromatic heterocycles. The fraction of sp³-hybridized carbons (Fsp3) is 1.00. The van der Waals surface area contributed by atoms with Crippen molar-refractivity contribution in [3.63, 3.8) is 0 Å². The van der Waals surface area contributed by atoms with Crippen LogP contribution < -0.4 is 0 Å². The molecule has 0 radical (unpaired) electrons. The summed E-state index contributed by atoms with van der Waals surface area (Å²) in [6, 6.07) is 0. The van der Waals surface area contributed by atoms with Crippen LogP contribution in [0.2, 0.25) is 0 Å². The first-order valence-electron chi connectivity index (χ1n) is 4.90. The normalized spacial score (nSPS) is 20.7. The third-order valence-corrected chi connectivity index (χ3v) is 5.02. The van der Waals surface area contributed by atoms with Crippen LogP contribution in [-0.2, 0) is 29.7 Å². The minimum Gasteiger partial charge on any atom is -0.324 e. The molecule has 0 heterocycles. The summed E-state index contributed by atoms with van der Waals surface area (Å²) < 4.78 is 25.9. The maximum Gasteiger partial charge on any atom is 0.479 e. The van der Waals surface area contributed by atoms with Gasteiger partial charge in [0.1, 0.15) is 0 Å².